The fourth-order valence-electron chi connectivity index (χ4n) is 2.29. The van der Waals surface area contributed by atoms with Gasteiger partial charge < -0.3 is 4.57 Å². The number of rotatable bonds is 0. The standard InChI is InChI=1S/C13H24N4.C3H8/c1-12(2,3)11-15-14-10-9-16(13(4,5)6)7-8-17(10)11;1-3-2/h7-9H2,1-6H3;3H2,1-2H3. The quantitative estimate of drug-likeness (QED) is 0.728. The molecule has 1 aliphatic heterocycles. The molecule has 0 aromatic carbocycles. The summed E-state index contributed by atoms with van der Waals surface area (Å²) in [6.45, 7) is 20.6. The molecule has 0 amide bonds. The molecule has 0 atom stereocenters. The summed E-state index contributed by atoms with van der Waals surface area (Å²) in [6, 6.07) is 0. The maximum atomic E-state index is 4.37. The largest absolute Gasteiger partial charge is 0.312 e. The second-order valence-corrected chi connectivity index (χ2v) is 7.64. The molecule has 0 unspecified atom stereocenters. The van der Waals surface area contributed by atoms with Gasteiger partial charge >= 0.3 is 0 Å². The first-order chi connectivity index (χ1) is 9.11. The molecule has 2 rings (SSSR count). The minimum absolute atomic E-state index is 0.0785. The van der Waals surface area contributed by atoms with Crippen LogP contribution in [-0.4, -0.2) is 31.7 Å². The van der Waals surface area contributed by atoms with Crippen LogP contribution in [-0.2, 0) is 18.5 Å². The van der Waals surface area contributed by atoms with Gasteiger partial charge in [-0.25, -0.2) is 0 Å². The first-order valence-electron chi connectivity index (χ1n) is 7.78. The van der Waals surface area contributed by atoms with Crippen molar-refractivity contribution >= 4 is 0 Å². The van der Waals surface area contributed by atoms with Crippen LogP contribution in [0.4, 0.5) is 0 Å². The van der Waals surface area contributed by atoms with E-state index in [2.05, 4.69) is 75.1 Å². The lowest BCUT2D eigenvalue weighted by molar-refractivity contribution is 0.0987. The fraction of sp³-hybridized carbons (Fsp3) is 0.875. The lowest BCUT2D eigenvalue weighted by Crippen LogP contribution is -2.46. The molecule has 4 heteroatoms. The number of aromatic nitrogens is 3. The first-order valence-corrected chi connectivity index (χ1v) is 7.78. The Labute approximate surface area is 124 Å². The summed E-state index contributed by atoms with van der Waals surface area (Å²) < 4.78 is 2.29. The van der Waals surface area contributed by atoms with Crippen LogP contribution in [0.15, 0.2) is 0 Å². The number of hydrogen-bond acceptors (Lipinski definition) is 3. The minimum Gasteiger partial charge on any atom is -0.312 e. The lowest BCUT2D eigenvalue weighted by atomic mass is 9.95. The van der Waals surface area contributed by atoms with Gasteiger partial charge in [0.25, 0.3) is 0 Å². The van der Waals surface area contributed by atoms with Crippen LogP contribution < -0.4 is 0 Å². The number of hydrogen-bond donors (Lipinski definition) is 0. The van der Waals surface area contributed by atoms with Gasteiger partial charge in [-0.05, 0) is 20.8 Å². The average molecular weight is 280 g/mol. The fourth-order valence-corrected chi connectivity index (χ4v) is 2.29. The SMILES string of the molecule is CC(C)(C)c1nnc2n1CCN(C(C)(C)C)C2.CCC. The van der Waals surface area contributed by atoms with E-state index in [4.69, 9.17) is 0 Å². The monoisotopic (exact) mass is 280 g/mol. The van der Waals surface area contributed by atoms with Gasteiger partial charge in [0, 0.05) is 24.0 Å². The summed E-state index contributed by atoms with van der Waals surface area (Å²) >= 11 is 0. The van der Waals surface area contributed by atoms with Gasteiger partial charge in [0.1, 0.15) is 11.6 Å². The van der Waals surface area contributed by atoms with Crippen LogP contribution in [0, 0.1) is 0 Å². The Bertz CT molecular complexity index is 421. The van der Waals surface area contributed by atoms with Gasteiger partial charge in [-0.2, -0.15) is 0 Å². The smallest absolute Gasteiger partial charge is 0.147 e. The maximum absolute atomic E-state index is 4.37. The highest BCUT2D eigenvalue weighted by Gasteiger charge is 2.31. The zero-order valence-corrected chi connectivity index (χ0v) is 14.6. The van der Waals surface area contributed by atoms with Crippen LogP contribution in [0.25, 0.3) is 0 Å². The van der Waals surface area contributed by atoms with E-state index in [1.165, 1.54) is 6.42 Å². The van der Waals surface area contributed by atoms with Crippen LogP contribution in [0.2, 0.25) is 0 Å². The molecular weight excluding hydrogens is 248 g/mol. The van der Waals surface area contributed by atoms with Crippen LogP contribution in [0.3, 0.4) is 0 Å². The number of nitrogens with zero attached hydrogens (tertiary/aromatic N) is 4. The van der Waals surface area contributed by atoms with Crippen molar-refractivity contribution in [2.24, 2.45) is 0 Å². The van der Waals surface area contributed by atoms with Crippen LogP contribution >= 0.6 is 0 Å². The first kappa shape index (κ1) is 17.2. The van der Waals surface area contributed by atoms with E-state index in [0.29, 0.717) is 0 Å². The Morgan fingerprint density at radius 3 is 1.95 bits per heavy atom. The summed E-state index contributed by atoms with van der Waals surface area (Å²) in [5.74, 6) is 2.22. The molecule has 0 bridgehead atoms. The summed E-state index contributed by atoms with van der Waals surface area (Å²) in [6.07, 6.45) is 1.25. The molecule has 20 heavy (non-hydrogen) atoms. The minimum atomic E-state index is 0.0785. The summed E-state index contributed by atoms with van der Waals surface area (Å²) in [4.78, 5) is 2.46. The molecular formula is C16H32N4. The molecule has 2 heterocycles. The van der Waals surface area contributed by atoms with Crippen molar-refractivity contribution in [1.82, 2.24) is 19.7 Å². The lowest BCUT2D eigenvalue weighted by Gasteiger charge is -2.38. The van der Waals surface area contributed by atoms with Crippen molar-refractivity contribution in [2.45, 2.75) is 85.9 Å². The van der Waals surface area contributed by atoms with Crippen molar-refractivity contribution < 1.29 is 0 Å². The van der Waals surface area contributed by atoms with E-state index in [1.54, 1.807) is 0 Å². The highest BCUT2D eigenvalue weighted by molar-refractivity contribution is 5.08. The summed E-state index contributed by atoms with van der Waals surface area (Å²) in [7, 11) is 0. The van der Waals surface area contributed by atoms with Gasteiger partial charge in [-0.1, -0.05) is 41.0 Å². The van der Waals surface area contributed by atoms with Crippen molar-refractivity contribution in [3.05, 3.63) is 11.6 Å². The maximum Gasteiger partial charge on any atom is 0.147 e. The van der Waals surface area contributed by atoms with Crippen LogP contribution in [0.5, 0.6) is 0 Å². The van der Waals surface area contributed by atoms with Crippen molar-refractivity contribution in [3.63, 3.8) is 0 Å². The highest BCUT2D eigenvalue weighted by Crippen LogP contribution is 2.26. The molecule has 4 nitrogen and oxygen atoms in total. The second-order valence-electron chi connectivity index (χ2n) is 7.64. The van der Waals surface area contributed by atoms with Gasteiger partial charge in [-0.3, -0.25) is 4.90 Å². The van der Waals surface area contributed by atoms with Crippen molar-refractivity contribution in [2.75, 3.05) is 6.54 Å². The van der Waals surface area contributed by atoms with Crippen LogP contribution in [0.1, 0.15) is 73.5 Å². The number of fused-ring (bicyclic) bond motifs is 1. The molecule has 0 radical (unpaired) electrons. The van der Waals surface area contributed by atoms with E-state index in [-0.39, 0.29) is 11.0 Å². The Kier molecular flexibility index (Phi) is 5.36. The van der Waals surface area contributed by atoms with Gasteiger partial charge in [0.05, 0.1) is 6.54 Å². The van der Waals surface area contributed by atoms with Crippen molar-refractivity contribution in [3.8, 4) is 0 Å². The Morgan fingerprint density at radius 1 is 0.950 bits per heavy atom. The summed E-state index contributed by atoms with van der Waals surface area (Å²) in [5, 5.41) is 8.73. The molecule has 1 aromatic rings. The van der Waals surface area contributed by atoms with Crippen molar-refractivity contribution in [1.29, 1.82) is 0 Å². The topological polar surface area (TPSA) is 34.0 Å². The van der Waals surface area contributed by atoms with E-state index >= 15 is 0 Å². The second kappa shape index (κ2) is 6.25. The molecule has 0 fully saturated rings. The Balaban J connectivity index is 0.000000612. The molecule has 0 N–H and O–H groups in total. The van der Waals surface area contributed by atoms with E-state index in [1.807, 2.05) is 0 Å². The van der Waals surface area contributed by atoms with Gasteiger partial charge in [-0.15, -0.1) is 10.2 Å². The molecule has 1 aliphatic rings. The van der Waals surface area contributed by atoms with E-state index < -0.39 is 0 Å². The van der Waals surface area contributed by atoms with Gasteiger partial charge in [0.2, 0.25) is 0 Å². The third kappa shape index (κ3) is 4.05. The predicted octanol–water partition coefficient (Wildman–Crippen LogP) is 3.61. The zero-order valence-electron chi connectivity index (χ0n) is 14.6. The van der Waals surface area contributed by atoms with E-state index in [0.717, 1.165) is 31.3 Å². The third-order valence-corrected chi connectivity index (χ3v) is 3.37. The average Bonchev–Trinajstić information content (AvgIpc) is 2.70. The molecule has 0 saturated heterocycles. The normalized spacial score (nSPS) is 16.4. The predicted molar refractivity (Wildman–Crippen MR) is 84.9 cm³/mol. The molecule has 0 aliphatic carbocycles. The molecule has 116 valence electrons. The molecule has 0 saturated carbocycles. The molecule has 0 spiro atoms. The zero-order chi connectivity index (χ0) is 15.6. The summed E-state index contributed by atoms with van der Waals surface area (Å²) in [5.41, 5.74) is 0.286. The highest BCUT2D eigenvalue weighted by atomic mass is 15.4. The third-order valence-electron chi connectivity index (χ3n) is 3.37. The molecule has 1 aromatic heterocycles. The Hall–Kier alpha value is -0.900. The Morgan fingerprint density at radius 2 is 1.50 bits per heavy atom. The van der Waals surface area contributed by atoms with Gasteiger partial charge in [0.15, 0.2) is 0 Å². The van der Waals surface area contributed by atoms with E-state index in [9.17, 15) is 0 Å².